The molecule has 1 aliphatic rings. The van der Waals surface area contributed by atoms with Crippen LogP contribution < -0.4 is 19.1 Å². The van der Waals surface area contributed by atoms with E-state index >= 15 is 0 Å². The molecule has 1 unspecified atom stereocenters. The molecule has 1 heterocycles. The fourth-order valence-corrected chi connectivity index (χ4v) is 4.01. The van der Waals surface area contributed by atoms with Gasteiger partial charge in [0.15, 0.2) is 6.10 Å². The molecule has 0 bridgehead atoms. The maximum absolute atomic E-state index is 12.5. The third-order valence-corrected chi connectivity index (χ3v) is 6.04. The predicted molar refractivity (Wildman–Crippen MR) is 112 cm³/mol. The SMILES string of the molecule is Cc1ccc2c(c1)N(S(C)(=O)=O)CC(C(=O)NCCOc1ccc(C)c(Cl)c1)O2. The zero-order chi connectivity index (χ0) is 21.2. The minimum Gasteiger partial charge on any atom is -0.492 e. The molecule has 0 fully saturated rings. The number of amides is 1. The van der Waals surface area contributed by atoms with Crippen LogP contribution in [-0.4, -0.2) is 46.4 Å². The van der Waals surface area contributed by atoms with Gasteiger partial charge in [0.2, 0.25) is 10.0 Å². The molecule has 1 N–H and O–H groups in total. The van der Waals surface area contributed by atoms with Crippen LogP contribution in [0.5, 0.6) is 11.5 Å². The second kappa shape index (κ2) is 8.51. The van der Waals surface area contributed by atoms with Crippen molar-refractivity contribution in [2.75, 3.05) is 30.3 Å². The summed E-state index contributed by atoms with van der Waals surface area (Å²) in [7, 11) is -3.56. The summed E-state index contributed by atoms with van der Waals surface area (Å²) in [4.78, 5) is 12.5. The molecular formula is C20H23ClN2O5S. The number of nitrogens with one attached hydrogen (secondary N) is 1. The van der Waals surface area contributed by atoms with E-state index in [9.17, 15) is 13.2 Å². The van der Waals surface area contributed by atoms with Crippen molar-refractivity contribution in [2.24, 2.45) is 0 Å². The molecule has 0 aromatic heterocycles. The highest BCUT2D eigenvalue weighted by Crippen LogP contribution is 2.35. The first kappa shape index (κ1) is 21.3. The predicted octanol–water partition coefficient (Wildman–Crippen LogP) is 2.68. The fraction of sp³-hybridized carbons (Fsp3) is 0.350. The van der Waals surface area contributed by atoms with Crippen LogP contribution in [0.15, 0.2) is 36.4 Å². The molecule has 156 valence electrons. The van der Waals surface area contributed by atoms with Gasteiger partial charge in [0.1, 0.15) is 18.1 Å². The van der Waals surface area contributed by atoms with Crippen molar-refractivity contribution in [3.05, 3.63) is 52.5 Å². The number of fused-ring (bicyclic) bond motifs is 1. The lowest BCUT2D eigenvalue weighted by atomic mass is 10.1. The van der Waals surface area contributed by atoms with Crippen molar-refractivity contribution in [3.63, 3.8) is 0 Å². The summed E-state index contributed by atoms with van der Waals surface area (Å²) < 4.78 is 36.9. The van der Waals surface area contributed by atoms with Gasteiger partial charge in [0, 0.05) is 5.02 Å². The summed E-state index contributed by atoms with van der Waals surface area (Å²) in [6.07, 6.45) is 0.161. The minimum absolute atomic E-state index is 0.0878. The zero-order valence-electron chi connectivity index (χ0n) is 16.4. The van der Waals surface area contributed by atoms with Crippen LogP contribution in [0.3, 0.4) is 0 Å². The molecule has 9 heteroatoms. The van der Waals surface area contributed by atoms with Gasteiger partial charge in [-0.05, 0) is 49.2 Å². The molecule has 2 aromatic carbocycles. The normalized spacial score (nSPS) is 16.0. The number of carbonyl (C=O) groups is 1. The zero-order valence-corrected chi connectivity index (χ0v) is 18.0. The van der Waals surface area contributed by atoms with E-state index in [1.165, 1.54) is 4.31 Å². The number of benzene rings is 2. The Morgan fingerprint density at radius 1 is 1.28 bits per heavy atom. The first-order chi connectivity index (χ1) is 13.6. The van der Waals surface area contributed by atoms with E-state index in [4.69, 9.17) is 21.1 Å². The third-order valence-electron chi connectivity index (χ3n) is 4.49. The number of hydrogen-bond acceptors (Lipinski definition) is 5. The maximum atomic E-state index is 12.5. The van der Waals surface area contributed by atoms with Gasteiger partial charge in [0.05, 0.1) is 25.0 Å². The van der Waals surface area contributed by atoms with Crippen molar-refractivity contribution >= 4 is 33.2 Å². The van der Waals surface area contributed by atoms with Gasteiger partial charge in [-0.15, -0.1) is 0 Å². The number of halogens is 1. The number of rotatable bonds is 6. The smallest absolute Gasteiger partial charge is 0.263 e. The average molecular weight is 439 g/mol. The van der Waals surface area contributed by atoms with Gasteiger partial charge in [-0.1, -0.05) is 23.7 Å². The molecule has 0 radical (unpaired) electrons. The van der Waals surface area contributed by atoms with Gasteiger partial charge < -0.3 is 14.8 Å². The lowest BCUT2D eigenvalue weighted by Gasteiger charge is -2.34. The van der Waals surface area contributed by atoms with Gasteiger partial charge >= 0.3 is 0 Å². The van der Waals surface area contributed by atoms with E-state index in [1.807, 2.05) is 19.9 Å². The van der Waals surface area contributed by atoms with E-state index in [1.54, 1.807) is 30.3 Å². The Morgan fingerprint density at radius 3 is 2.72 bits per heavy atom. The standard InChI is InChI=1S/C20H23ClN2O5S/c1-13-4-7-18-17(10-13)23(29(3,25)26)12-19(28-18)20(24)22-8-9-27-15-6-5-14(2)16(21)11-15/h4-7,10-11,19H,8-9,12H2,1-3H3,(H,22,24). The molecule has 0 aliphatic carbocycles. The van der Waals surface area contributed by atoms with Crippen molar-refractivity contribution < 1.29 is 22.7 Å². The minimum atomic E-state index is -3.56. The Bertz CT molecular complexity index is 1030. The Kier molecular flexibility index (Phi) is 6.24. The van der Waals surface area contributed by atoms with E-state index in [0.29, 0.717) is 22.2 Å². The maximum Gasteiger partial charge on any atom is 0.263 e. The van der Waals surface area contributed by atoms with Crippen molar-refractivity contribution in [1.82, 2.24) is 5.32 Å². The first-order valence-corrected chi connectivity index (χ1v) is 11.3. The topological polar surface area (TPSA) is 84.9 Å². The number of hydrogen-bond donors (Lipinski definition) is 1. The highest BCUT2D eigenvalue weighted by atomic mass is 35.5. The van der Waals surface area contributed by atoms with E-state index in [-0.39, 0.29) is 19.7 Å². The quantitative estimate of drug-likeness (QED) is 0.701. The summed E-state index contributed by atoms with van der Waals surface area (Å²) in [5, 5.41) is 3.33. The molecule has 1 atom stereocenters. The van der Waals surface area contributed by atoms with Crippen molar-refractivity contribution in [2.45, 2.75) is 20.0 Å². The van der Waals surface area contributed by atoms with Gasteiger partial charge in [-0.2, -0.15) is 0 Å². The number of carbonyl (C=O) groups excluding carboxylic acids is 1. The van der Waals surface area contributed by atoms with Gasteiger partial charge in [0.25, 0.3) is 5.91 Å². The summed E-state index contributed by atoms with van der Waals surface area (Å²) >= 11 is 6.06. The first-order valence-electron chi connectivity index (χ1n) is 9.07. The van der Waals surface area contributed by atoms with E-state index in [2.05, 4.69) is 5.32 Å². The van der Waals surface area contributed by atoms with Crippen LogP contribution in [0.25, 0.3) is 0 Å². The van der Waals surface area contributed by atoms with Crippen molar-refractivity contribution in [1.29, 1.82) is 0 Å². The van der Waals surface area contributed by atoms with Crippen LogP contribution in [-0.2, 0) is 14.8 Å². The molecule has 0 saturated carbocycles. The average Bonchev–Trinajstić information content (AvgIpc) is 2.66. The van der Waals surface area contributed by atoms with Crippen LogP contribution in [0, 0.1) is 13.8 Å². The number of aryl methyl sites for hydroxylation is 2. The molecule has 1 aliphatic heterocycles. The largest absolute Gasteiger partial charge is 0.492 e. The lowest BCUT2D eigenvalue weighted by molar-refractivity contribution is -0.127. The highest BCUT2D eigenvalue weighted by molar-refractivity contribution is 7.92. The summed E-state index contributed by atoms with van der Waals surface area (Å²) in [6.45, 7) is 4.15. The van der Waals surface area contributed by atoms with Crippen LogP contribution in [0.2, 0.25) is 5.02 Å². The van der Waals surface area contributed by atoms with Gasteiger partial charge in [-0.25, -0.2) is 8.42 Å². The number of nitrogens with zero attached hydrogens (tertiary/aromatic N) is 1. The molecule has 0 spiro atoms. The van der Waals surface area contributed by atoms with Crippen LogP contribution in [0.1, 0.15) is 11.1 Å². The molecule has 29 heavy (non-hydrogen) atoms. The number of ether oxygens (including phenoxy) is 2. The number of sulfonamides is 1. The molecule has 7 nitrogen and oxygen atoms in total. The molecule has 0 saturated heterocycles. The monoisotopic (exact) mass is 438 g/mol. The third kappa shape index (κ3) is 5.13. The fourth-order valence-electron chi connectivity index (χ4n) is 2.93. The Morgan fingerprint density at radius 2 is 2.03 bits per heavy atom. The second-order valence-corrected chi connectivity index (χ2v) is 9.24. The van der Waals surface area contributed by atoms with Gasteiger partial charge in [-0.3, -0.25) is 9.10 Å². The Labute approximate surface area is 175 Å². The second-order valence-electron chi connectivity index (χ2n) is 6.92. The number of anilines is 1. The summed E-state index contributed by atoms with van der Waals surface area (Å²) in [5.41, 5.74) is 2.29. The summed E-state index contributed by atoms with van der Waals surface area (Å²) in [6, 6.07) is 10.6. The van der Waals surface area contributed by atoms with E-state index < -0.39 is 22.0 Å². The molecule has 2 aromatic rings. The Hall–Kier alpha value is -2.45. The molecular weight excluding hydrogens is 416 g/mol. The summed E-state index contributed by atoms with van der Waals surface area (Å²) in [5.74, 6) is 0.560. The van der Waals surface area contributed by atoms with E-state index in [0.717, 1.165) is 17.4 Å². The molecule has 3 rings (SSSR count). The highest BCUT2D eigenvalue weighted by Gasteiger charge is 2.34. The Balaban J connectivity index is 1.60. The molecule has 1 amide bonds. The van der Waals surface area contributed by atoms with Crippen molar-refractivity contribution in [3.8, 4) is 11.5 Å². The van der Waals surface area contributed by atoms with Crippen LogP contribution in [0.4, 0.5) is 5.69 Å². The van der Waals surface area contributed by atoms with Crippen LogP contribution >= 0.6 is 11.6 Å². The lowest BCUT2D eigenvalue weighted by Crippen LogP contribution is -2.51.